The molecule has 0 amide bonds. The number of methoxy groups -OCH3 is 1. The standard InChI is InChI=1S/C16H30O5/c1-6-8-9-20-16(18)14(7-2)10-12(3)15(17)21-13(4)11-19-5/h12-14H,6-11H2,1-5H3. The molecule has 0 spiro atoms. The van der Waals surface area contributed by atoms with Gasteiger partial charge in [0, 0.05) is 7.11 Å². The van der Waals surface area contributed by atoms with Crippen LogP contribution in [0.5, 0.6) is 0 Å². The van der Waals surface area contributed by atoms with E-state index >= 15 is 0 Å². The van der Waals surface area contributed by atoms with Crippen LogP contribution in [0.3, 0.4) is 0 Å². The maximum absolute atomic E-state index is 11.9. The molecule has 0 bridgehead atoms. The average Bonchev–Trinajstić information content (AvgIpc) is 2.44. The molecule has 0 aromatic heterocycles. The van der Waals surface area contributed by atoms with Gasteiger partial charge in [-0.05, 0) is 26.2 Å². The van der Waals surface area contributed by atoms with Gasteiger partial charge in [-0.15, -0.1) is 0 Å². The number of hydrogen-bond acceptors (Lipinski definition) is 5. The van der Waals surface area contributed by atoms with Crippen LogP contribution in [0.25, 0.3) is 0 Å². The predicted octanol–water partition coefficient (Wildman–Crippen LogP) is 2.96. The molecule has 0 aromatic rings. The summed E-state index contributed by atoms with van der Waals surface area (Å²) >= 11 is 0. The van der Waals surface area contributed by atoms with Crippen molar-refractivity contribution in [3.05, 3.63) is 0 Å². The van der Waals surface area contributed by atoms with E-state index in [2.05, 4.69) is 0 Å². The van der Waals surface area contributed by atoms with Gasteiger partial charge in [0.1, 0.15) is 6.10 Å². The molecule has 21 heavy (non-hydrogen) atoms. The third kappa shape index (κ3) is 8.71. The number of carbonyl (C=O) groups excluding carboxylic acids is 2. The highest BCUT2D eigenvalue weighted by Crippen LogP contribution is 2.19. The number of esters is 2. The van der Waals surface area contributed by atoms with E-state index in [-0.39, 0.29) is 29.9 Å². The van der Waals surface area contributed by atoms with Crippen molar-refractivity contribution in [1.82, 2.24) is 0 Å². The Hall–Kier alpha value is -1.10. The Morgan fingerprint density at radius 3 is 2.29 bits per heavy atom. The summed E-state index contributed by atoms with van der Waals surface area (Å²) in [6.07, 6.45) is 2.70. The molecular weight excluding hydrogens is 272 g/mol. The Labute approximate surface area is 128 Å². The van der Waals surface area contributed by atoms with Gasteiger partial charge < -0.3 is 14.2 Å². The molecule has 0 aliphatic rings. The van der Waals surface area contributed by atoms with E-state index in [0.717, 1.165) is 12.8 Å². The average molecular weight is 302 g/mol. The molecule has 0 heterocycles. The van der Waals surface area contributed by atoms with Crippen LogP contribution in [0.15, 0.2) is 0 Å². The van der Waals surface area contributed by atoms with Gasteiger partial charge in [0.25, 0.3) is 0 Å². The zero-order valence-corrected chi connectivity index (χ0v) is 14.0. The van der Waals surface area contributed by atoms with Crippen molar-refractivity contribution in [1.29, 1.82) is 0 Å². The van der Waals surface area contributed by atoms with E-state index in [1.165, 1.54) is 0 Å². The summed E-state index contributed by atoms with van der Waals surface area (Å²) in [5.74, 6) is -1.08. The first-order valence-electron chi connectivity index (χ1n) is 7.82. The molecule has 5 heteroatoms. The van der Waals surface area contributed by atoms with Crippen LogP contribution in [0.1, 0.15) is 53.4 Å². The summed E-state index contributed by atoms with van der Waals surface area (Å²) in [5, 5.41) is 0. The first-order chi connectivity index (χ1) is 9.96. The quantitative estimate of drug-likeness (QED) is 0.434. The van der Waals surface area contributed by atoms with Gasteiger partial charge >= 0.3 is 11.9 Å². The van der Waals surface area contributed by atoms with Crippen LogP contribution in [0.4, 0.5) is 0 Å². The lowest BCUT2D eigenvalue weighted by molar-refractivity contribution is -0.157. The molecule has 0 radical (unpaired) electrons. The lowest BCUT2D eigenvalue weighted by Gasteiger charge is -2.20. The maximum Gasteiger partial charge on any atom is 0.309 e. The van der Waals surface area contributed by atoms with Gasteiger partial charge in [0.05, 0.1) is 25.0 Å². The summed E-state index contributed by atoms with van der Waals surface area (Å²) in [6, 6.07) is 0. The first-order valence-corrected chi connectivity index (χ1v) is 7.82. The Morgan fingerprint density at radius 1 is 1.10 bits per heavy atom. The van der Waals surface area contributed by atoms with Crippen molar-refractivity contribution >= 4 is 11.9 Å². The van der Waals surface area contributed by atoms with Crippen LogP contribution in [0, 0.1) is 11.8 Å². The summed E-state index contributed by atoms with van der Waals surface area (Å²) in [4.78, 5) is 23.9. The lowest BCUT2D eigenvalue weighted by atomic mass is 9.94. The third-order valence-corrected chi connectivity index (χ3v) is 3.33. The maximum atomic E-state index is 11.9. The van der Waals surface area contributed by atoms with Crippen molar-refractivity contribution < 1.29 is 23.8 Å². The minimum Gasteiger partial charge on any atom is -0.465 e. The Morgan fingerprint density at radius 2 is 1.76 bits per heavy atom. The second-order valence-corrected chi connectivity index (χ2v) is 5.47. The van der Waals surface area contributed by atoms with E-state index in [4.69, 9.17) is 14.2 Å². The largest absolute Gasteiger partial charge is 0.465 e. The topological polar surface area (TPSA) is 61.8 Å². The van der Waals surface area contributed by atoms with Gasteiger partial charge in [0.15, 0.2) is 0 Å². The fourth-order valence-corrected chi connectivity index (χ4v) is 1.97. The number of hydrogen-bond donors (Lipinski definition) is 0. The summed E-state index contributed by atoms with van der Waals surface area (Å²) < 4.78 is 15.4. The molecule has 3 atom stereocenters. The van der Waals surface area contributed by atoms with Crippen molar-refractivity contribution in [2.24, 2.45) is 11.8 Å². The summed E-state index contributed by atoms with van der Waals surface area (Å²) in [7, 11) is 1.56. The second-order valence-electron chi connectivity index (χ2n) is 5.47. The van der Waals surface area contributed by atoms with Gasteiger partial charge in [-0.25, -0.2) is 0 Å². The molecule has 0 aromatic carbocycles. The second kappa shape index (κ2) is 11.5. The number of ether oxygens (including phenoxy) is 3. The highest BCUT2D eigenvalue weighted by molar-refractivity contribution is 5.75. The molecular formula is C16H30O5. The van der Waals surface area contributed by atoms with Crippen LogP contribution >= 0.6 is 0 Å². The van der Waals surface area contributed by atoms with Crippen molar-refractivity contribution in [2.45, 2.75) is 59.5 Å². The third-order valence-electron chi connectivity index (χ3n) is 3.33. The number of unbranched alkanes of at least 4 members (excludes halogenated alkanes) is 1. The van der Waals surface area contributed by atoms with Crippen LogP contribution < -0.4 is 0 Å². The number of carbonyl (C=O) groups is 2. The molecule has 124 valence electrons. The van der Waals surface area contributed by atoms with Crippen molar-refractivity contribution in [3.63, 3.8) is 0 Å². The highest BCUT2D eigenvalue weighted by Gasteiger charge is 2.26. The molecule has 0 saturated carbocycles. The fourth-order valence-electron chi connectivity index (χ4n) is 1.97. The van der Waals surface area contributed by atoms with Crippen molar-refractivity contribution in [2.75, 3.05) is 20.3 Å². The molecule has 0 rings (SSSR count). The minimum atomic E-state index is -0.326. The summed E-state index contributed by atoms with van der Waals surface area (Å²) in [6.45, 7) is 8.36. The van der Waals surface area contributed by atoms with Crippen LogP contribution in [0.2, 0.25) is 0 Å². The monoisotopic (exact) mass is 302 g/mol. The van der Waals surface area contributed by atoms with Gasteiger partial charge in [-0.1, -0.05) is 27.2 Å². The summed E-state index contributed by atoms with van der Waals surface area (Å²) in [5.41, 5.74) is 0. The Bertz CT molecular complexity index is 303. The zero-order chi connectivity index (χ0) is 16.3. The minimum absolute atomic E-state index is 0.212. The van der Waals surface area contributed by atoms with Gasteiger partial charge in [-0.3, -0.25) is 9.59 Å². The molecule has 0 fully saturated rings. The van der Waals surface area contributed by atoms with Gasteiger partial charge in [0.2, 0.25) is 0 Å². The molecule has 0 N–H and O–H groups in total. The van der Waals surface area contributed by atoms with Crippen LogP contribution in [-0.2, 0) is 23.8 Å². The van der Waals surface area contributed by atoms with E-state index in [0.29, 0.717) is 26.1 Å². The Kier molecular flexibility index (Phi) is 10.9. The molecule has 0 saturated heterocycles. The fraction of sp³-hybridized carbons (Fsp3) is 0.875. The van der Waals surface area contributed by atoms with Crippen molar-refractivity contribution in [3.8, 4) is 0 Å². The smallest absolute Gasteiger partial charge is 0.309 e. The van der Waals surface area contributed by atoms with E-state index < -0.39 is 0 Å². The highest BCUT2D eigenvalue weighted by atomic mass is 16.6. The molecule has 3 unspecified atom stereocenters. The SMILES string of the molecule is CCCCOC(=O)C(CC)CC(C)C(=O)OC(C)COC. The number of rotatable bonds is 11. The van der Waals surface area contributed by atoms with Gasteiger partial charge in [-0.2, -0.15) is 0 Å². The van der Waals surface area contributed by atoms with E-state index in [1.807, 2.05) is 13.8 Å². The van der Waals surface area contributed by atoms with Crippen LogP contribution in [-0.4, -0.2) is 38.4 Å². The molecule has 0 aliphatic carbocycles. The first kappa shape index (κ1) is 19.9. The predicted molar refractivity (Wildman–Crippen MR) is 80.9 cm³/mol. The molecule has 0 aliphatic heterocycles. The van der Waals surface area contributed by atoms with E-state index in [9.17, 15) is 9.59 Å². The van der Waals surface area contributed by atoms with E-state index in [1.54, 1.807) is 21.0 Å². The normalized spacial score (nSPS) is 15.1. The lowest BCUT2D eigenvalue weighted by Crippen LogP contribution is -2.27. The Balaban J connectivity index is 4.26. The zero-order valence-electron chi connectivity index (χ0n) is 14.0. The molecule has 5 nitrogen and oxygen atoms in total.